The predicted molar refractivity (Wildman–Crippen MR) is 110 cm³/mol. The summed E-state index contributed by atoms with van der Waals surface area (Å²) in [6, 6.07) is 14.3. The zero-order valence-electron chi connectivity index (χ0n) is 15.6. The Morgan fingerprint density at radius 1 is 1.07 bits per heavy atom. The summed E-state index contributed by atoms with van der Waals surface area (Å²) in [6.07, 6.45) is 1.60. The Bertz CT molecular complexity index is 1050. The minimum absolute atomic E-state index is 0.0206. The summed E-state index contributed by atoms with van der Waals surface area (Å²) >= 11 is 1.10. The molecule has 0 bridgehead atoms. The number of nitro benzene ring substituents is 1. The molecule has 0 aliphatic carbocycles. The van der Waals surface area contributed by atoms with Gasteiger partial charge in [-0.05, 0) is 54.2 Å². The van der Waals surface area contributed by atoms with Crippen molar-refractivity contribution in [3.05, 3.63) is 76.6 Å². The molecule has 0 aliphatic heterocycles. The third-order valence-electron chi connectivity index (χ3n) is 3.83. The Balaban J connectivity index is 1.65. The number of nitrogens with zero attached hydrogens (tertiary/aromatic N) is 4. The summed E-state index contributed by atoms with van der Waals surface area (Å²) in [6.45, 7) is 0. The van der Waals surface area contributed by atoms with E-state index in [1.54, 1.807) is 62.8 Å². The van der Waals surface area contributed by atoms with Gasteiger partial charge >= 0.3 is 0 Å². The normalized spacial score (nSPS) is 10.4. The second-order valence-electron chi connectivity index (χ2n) is 6.16. The highest BCUT2D eigenvalue weighted by atomic mass is 32.2. The van der Waals surface area contributed by atoms with Gasteiger partial charge in [0.2, 0.25) is 0 Å². The quantitative estimate of drug-likeness (QED) is 0.388. The smallest absolute Gasteiger partial charge is 0.285 e. The zero-order chi connectivity index (χ0) is 21.0. The SMILES string of the molecule is CN(C)C(=O)Sc1ccc(NC(=O)c2ccn(-c3ccc([N+](=O)[O-])cc3)n2)cc1. The Morgan fingerprint density at radius 2 is 1.72 bits per heavy atom. The van der Waals surface area contributed by atoms with E-state index < -0.39 is 10.8 Å². The van der Waals surface area contributed by atoms with Crippen molar-refractivity contribution >= 4 is 34.3 Å². The maximum absolute atomic E-state index is 12.4. The molecule has 0 atom stereocenters. The largest absolute Gasteiger partial charge is 0.339 e. The molecule has 3 aromatic rings. The standard InChI is InChI=1S/C19H17N5O4S/c1-22(2)19(26)29-16-9-3-13(4-10-16)20-18(25)17-11-12-23(21-17)14-5-7-15(8-6-14)24(27)28/h3-12H,1-2H3,(H,20,25). The van der Waals surface area contributed by atoms with Crippen LogP contribution in [-0.4, -0.2) is 44.8 Å². The highest BCUT2D eigenvalue weighted by Gasteiger charge is 2.12. The molecule has 29 heavy (non-hydrogen) atoms. The lowest BCUT2D eigenvalue weighted by Crippen LogP contribution is -2.16. The molecule has 0 radical (unpaired) electrons. The minimum Gasteiger partial charge on any atom is -0.339 e. The van der Waals surface area contributed by atoms with Crippen LogP contribution in [0.2, 0.25) is 0 Å². The fourth-order valence-electron chi connectivity index (χ4n) is 2.31. The average Bonchev–Trinajstić information content (AvgIpc) is 3.20. The Hall–Kier alpha value is -3.66. The van der Waals surface area contributed by atoms with E-state index in [4.69, 9.17) is 0 Å². The first-order valence-electron chi connectivity index (χ1n) is 8.44. The molecule has 148 valence electrons. The van der Waals surface area contributed by atoms with Crippen molar-refractivity contribution in [3.8, 4) is 5.69 Å². The maximum Gasteiger partial charge on any atom is 0.285 e. The molecule has 2 aromatic carbocycles. The van der Waals surface area contributed by atoms with Gasteiger partial charge in [0.15, 0.2) is 5.69 Å². The van der Waals surface area contributed by atoms with Gasteiger partial charge in [-0.2, -0.15) is 5.10 Å². The van der Waals surface area contributed by atoms with Crippen molar-refractivity contribution < 1.29 is 14.5 Å². The van der Waals surface area contributed by atoms with Crippen LogP contribution in [0.4, 0.5) is 16.2 Å². The van der Waals surface area contributed by atoms with E-state index in [1.807, 2.05) is 0 Å². The summed E-state index contributed by atoms with van der Waals surface area (Å²) in [5.74, 6) is -0.393. The molecule has 1 N–H and O–H groups in total. The van der Waals surface area contributed by atoms with E-state index in [-0.39, 0.29) is 16.6 Å². The van der Waals surface area contributed by atoms with Gasteiger partial charge in [-0.3, -0.25) is 19.7 Å². The molecule has 0 saturated heterocycles. The summed E-state index contributed by atoms with van der Waals surface area (Å²) in [5, 5.41) is 17.6. The molecule has 0 unspecified atom stereocenters. The Morgan fingerprint density at radius 3 is 2.31 bits per heavy atom. The van der Waals surface area contributed by atoms with Gasteiger partial charge in [0.05, 0.1) is 10.6 Å². The molecule has 0 fully saturated rings. The molecule has 0 saturated carbocycles. The predicted octanol–water partition coefficient (Wildman–Crippen LogP) is 3.81. The van der Waals surface area contributed by atoms with Crippen LogP contribution in [0.3, 0.4) is 0 Å². The van der Waals surface area contributed by atoms with Crippen molar-refractivity contribution in [1.29, 1.82) is 0 Å². The summed E-state index contributed by atoms with van der Waals surface area (Å²) in [5.41, 5.74) is 1.35. The van der Waals surface area contributed by atoms with Crippen molar-refractivity contribution in [2.75, 3.05) is 19.4 Å². The monoisotopic (exact) mass is 411 g/mol. The molecule has 9 nitrogen and oxygen atoms in total. The van der Waals surface area contributed by atoms with Crippen LogP contribution >= 0.6 is 11.8 Å². The van der Waals surface area contributed by atoms with Gasteiger partial charge in [0.1, 0.15) is 0 Å². The third-order valence-corrected chi connectivity index (χ3v) is 4.88. The van der Waals surface area contributed by atoms with Crippen molar-refractivity contribution in [2.24, 2.45) is 0 Å². The van der Waals surface area contributed by atoms with Gasteiger partial charge < -0.3 is 10.2 Å². The van der Waals surface area contributed by atoms with Gasteiger partial charge in [0.25, 0.3) is 16.8 Å². The first kappa shape index (κ1) is 20.1. The molecule has 10 heteroatoms. The Kier molecular flexibility index (Phi) is 5.93. The van der Waals surface area contributed by atoms with Crippen LogP contribution in [0.15, 0.2) is 65.7 Å². The lowest BCUT2D eigenvalue weighted by Gasteiger charge is -2.09. The number of carbonyl (C=O) groups excluding carboxylic acids is 2. The van der Waals surface area contributed by atoms with Gasteiger partial charge in [-0.25, -0.2) is 4.68 Å². The number of nitro groups is 1. The number of thioether (sulfide) groups is 1. The maximum atomic E-state index is 12.4. The van der Waals surface area contributed by atoms with E-state index in [9.17, 15) is 19.7 Å². The number of rotatable bonds is 5. The third kappa shape index (κ3) is 4.99. The second-order valence-corrected chi connectivity index (χ2v) is 7.18. The van der Waals surface area contributed by atoms with E-state index in [2.05, 4.69) is 10.4 Å². The van der Waals surface area contributed by atoms with E-state index in [0.717, 1.165) is 16.7 Å². The topological polar surface area (TPSA) is 110 Å². The second kappa shape index (κ2) is 8.57. The van der Waals surface area contributed by atoms with Crippen molar-refractivity contribution in [3.63, 3.8) is 0 Å². The Labute approximate surface area is 170 Å². The van der Waals surface area contributed by atoms with Crippen LogP contribution in [0.1, 0.15) is 10.5 Å². The minimum atomic E-state index is -0.480. The number of non-ortho nitro benzene ring substituents is 1. The summed E-state index contributed by atoms with van der Waals surface area (Å²) in [7, 11) is 3.36. The van der Waals surface area contributed by atoms with Crippen LogP contribution < -0.4 is 5.32 Å². The number of amides is 2. The molecule has 3 rings (SSSR count). The number of anilines is 1. The number of carbonyl (C=O) groups is 2. The summed E-state index contributed by atoms with van der Waals surface area (Å²) < 4.78 is 1.46. The van der Waals surface area contributed by atoms with Crippen molar-refractivity contribution in [1.82, 2.24) is 14.7 Å². The molecular weight excluding hydrogens is 394 g/mol. The molecule has 0 aliphatic rings. The van der Waals surface area contributed by atoms with E-state index >= 15 is 0 Å². The first-order chi connectivity index (χ1) is 13.8. The number of aromatic nitrogens is 2. The number of nitrogens with one attached hydrogen (secondary N) is 1. The molecular formula is C19H17N5O4S. The first-order valence-corrected chi connectivity index (χ1v) is 9.26. The zero-order valence-corrected chi connectivity index (χ0v) is 16.4. The summed E-state index contributed by atoms with van der Waals surface area (Å²) in [4.78, 5) is 36.6. The van der Waals surface area contributed by atoms with Crippen LogP contribution in [0.5, 0.6) is 0 Å². The van der Waals surface area contributed by atoms with Crippen LogP contribution in [0.25, 0.3) is 5.69 Å². The van der Waals surface area contributed by atoms with E-state index in [1.165, 1.54) is 21.7 Å². The number of hydrogen-bond donors (Lipinski definition) is 1. The molecule has 0 spiro atoms. The highest BCUT2D eigenvalue weighted by Crippen LogP contribution is 2.22. The lowest BCUT2D eigenvalue weighted by atomic mass is 10.3. The fourth-order valence-corrected chi connectivity index (χ4v) is 2.97. The van der Waals surface area contributed by atoms with Crippen molar-refractivity contribution in [2.45, 2.75) is 4.90 Å². The molecule has 2 amide bonds. The lowest BCUT2D eigenvalue weighted by molar-refractivity contribution is -0.384. The van der Waals surface area contributed by atoms with Gasteiger partial charge in [-0.15, -0.1) is 0 Å². The average molecular weight is 411 g/mol. The van der Waals surface area contributed by atoms with Crippen LogP contribution in [-0.2, 0) is 0 Å². The van der Waals surface area contributed by atoms with E-state index in [0.29, 0.717) is 11.4 Å². The molecule has 1 aromatic heterocycles. The fraction of sp³-hybridized carbons (Fsp3) is 0.105. The highest BCUT2D eigenvalue weighted by molar-refractivity contribution is 8.13. The van der Waals surface area contributed by atoms with Crippen LogP contribution in [0, 0.1) is 10.1 Å². The number of hydrogen-bond acceptors (Lipinski definition) is 6. The molecule has 1 heterocycles. The number of benzene rings is 2. The van der Waals surface area contributed by atoms with Gasteiger partial charge in [0, 0.05) is 43.0 Å². The van der Waals surface area contributed by atoms with Gasteiger partial charge in [-0.1, -0.05) is 0 Å².